The van der Waals surface area contributed by atoms with Gasteiger partial charge >= 0.3 is 0 Å². The molecule has 0 aliphatic carbocycles. The Hall–Kier alpha value is -1.36. The number of aromatic amines is 1. The van der Waals surface area contributed by atoms with Crippen LogP contribution in [0.4, 0.5) is 0 Å². The van der Waals surface area contributed by atoms with Crippen molar-refractivity contribution in [1.29, 1.82) is 0 Å². The molecule has 3 heterocycles. The zero-order valence-electron chi connectivity index (χ0n) is 9.73. The average Bonchev–Trinajstić information content (AvgIpc) is 3.05. The van der Waals surface area contributed by atoms with E-state index >= 15 is 0 Å². The SMILES string of the molecule is ClCc1[nH]c(-c2ccc(Cl)s2)nc1-c1cccnc1. The molecule has 0 saturated heterocycles. The third-order valence-electron chi connectivity index (χ3n) is 2.65. The number of rotatable bonds is 3. The van der Waals surface area contributed by atoms with Gasteiger partial charge in [-0.25, -0.2) is 4.98 Å². The average molecular weight is 310 g/mol. The molecule has 0 amide bonds. The van der Waals surface area contributed by atoms with Crippen molar-refractivity contribution < 1.29 is 0 Å². The highest BCUT2D eigenvalue weighted by molar-refractivity contribution is 7.19. The number of nitrogens with one attached hydrogen (secondary N) is 1. The van der Waals surface area contributed by atoms with Crippen molar-refractivity contribution in [3.8, 4) is 22.0 Å². The van der Waals surface area contributed by atoms with Gasteiger partial charge in [-0.1, -0.05) is 11.6 Å². The van der Waals surface area contributed by atoms with Gasteiger partial charge in [-0.05, 0) is 24.3 Å². The lowest BCUT2D eigenvalue weighted by Crippen LogP contribution is -1.84. The van der Waals surface area contributed by atoms with Crippen LogP contribution in [0.1, 0.15) is 5.69 Å². The van der Waals surface area contributed by atoms with Crippen LogP contribution >= 0.6 is 34.5 Å². The van der Waals surface area contributed by atoms with Gasteiger partial charge in [-0.3, -0.25) is 4.98 Å². The standard InChI is InChI=1S/C13H9Cl2N3S/c14-6-9-12(8-2-1-5-16-7-8)18-13(17-9)10-3-4-11(15)19-10/h1-5,7H,6H2,(H,17,18). The molecule has 0 bridgehead atoms. The van der Waals surface area contributed by atoms with E-state index in [1.54, 1.807) is 12.4 Å². The molecule has 3 aromatic rings. The van der Waals surface area contributed by atoms with Crippen LogP contribution in [0.3, 0.4) is 0 Å². The van der Waals surface area contributed by atoms with Gasteiger partial charge in [0.15, 0.2) is 0 Å². The van der Waals surface area contributed by atoms with Crippen molar-refractivity contribution >= 4 is 34.5 Å². The third kappa shape index (κ3) is 2.52. The molecule has 0 radical (unpaired) electrons. The van der Waals surface area contributed by atoms with E-state index in [4.69, 9.17) is 23.2 Å². The van der Waals surface area contributed by atoms with Crippen LogP contribution in [0.2, 0.25) is 4.34 Å². The first-order valence-electron chi connectivity index (χ1n) is 5.59. The van der Waals surface area contributed by atoms with E-state index in [0.717, 1.165) is 32.0 Å². The molecular formula is C13H9Cl2N3S. The van der Waals surface area contributed by atoms with E-state index in [-0.39, 0.29) is 0 Å². The van der Waals surface area contributed by atoms with E-state index in [1.807, 2.05) is 24.3 Å². The first-order chi connectivity index (χ1) is 9.28. The predicted octanol–water partition coefficient (Wildman–Crippen LogP) is 4.59. The summed E-state index contributed by atoms with van der Waals surface area (Å²) >= 11 is 13.4. The van der Waals surface area contributed by atoms with Gasteiger partial charge in [-0.2, -0.15) is 0 Å². The number of halogens is 2. The molecule has 0 aromatic carbocycles. The quantitative estimate of drug-likeness (QED) is 0.719. The van der Waals surface area contributed by atoms with Gasteiger partial charge in [0.2, 0.25) is 0 Å². The Bertz CT molecular complexity index is 691. The van der Waals surface area contributed by atoms with Crippen molar-refractivity contribution in [2.45, 2.75) is 5.88 Å². The minimum atomic E-state index is 0.371. The second-order valence-electron chi connectivity index (χ2n) is 3.89. The number of H-pyrrole nitrogens is 1. The minimum Gasteiger partial charge on any atom is -0.340 e. The van der Waals surface area contributed by atoms with E-state index < -0.39 is 0 Å². The first kappa shape index (κ1) is 12.7. The molecule has 0 saturated carbocycles. The lowest BCUT2D eigenvalue weighted by atomic mass is 10.2. The maximum absolute atomic E-state index is 5.97. The van der Waals surface area contributed by atoms with Gasteiger partial charge in [0.05, 0.1) is 26.5 Å². The fourth-order valence-electron chi connectivity index (χ4n) is 1.81. The zero-order valence-corrected chi connectivity index (χ0v) is 12.1. The summed E-state index contributed by atoms with van der Waals surface area (Å²) in [6.45, 7) is 0. The number of hydrogen-bond donors (Lipinski definition) is 1. The van der Waals surface area contributed by atoms with Crippen LogP contribution in [-0.2, 0) is 5.88 Å². The fraction of sp³-hybridized carbons (Fsp3) is 0.0769. The molecule has 1 N–H and O–H groups in total. The van der Waals surface area contributed by atoms with Gasteiger partial charge in [0, 0.05) is 18.0 Å². The Labute approximate surface area is 124 Å². The number of pyridine rings is 1. The van der Waals surface area contributed by atoms with Crippen LogP contribution < -0.4 is 0 Å². The van der Waals surface area contributed by atoms with Gasteiger partial charge in [0.25, 0.3) is 0 Å². The third-order valence-corrected chi connectivity index (χ3v) is 4.16. The Morgan fingerprint density at radius 2 is 2.16 bits per heavy atom. The number of alkyl halides is 1. The molecule has 6 heteroatoms. The van der Waals surface area contributed by atoms with E-state index in [0.29, 0.717) is 5.88 Å². The smallest absolute Gasteiger partial charge is 0.148 e. The largest absolute Gasteiger partial charge is 0.340 e. The first-order valence-corrected chi connectivity index (χ1v) is 7.32. The normalized spacial score (nSPS) is 10.8. The van der Waals surface area contributed by atoms with Gasteiger partial charge < -0.3 is 4.98 Å². The Morgan fingerprint density at radius 3 is 2.79 bits per heavy atom. The molecule has 19 heavy (non-hydrogen) atoms. The van der Waals surface area contributed by atoms with E-state index in [1.165, 1.54) is 11.3 Å². The Morgan fingerprint density at radius 1 is 1.26 bits per heavy atom. The number of aromatic nitrogens is 3. The maximum atomic E-state index is 5.97. The fourth-order valence-corrected chi connectivity index (χ4v) is 2.99. The summed E-state index contributed by atoms with van der Waals surface area (Å²) in [6.07, 6.45) is 3.51. The van der Waals surface area contributed by atoms with Crippen LogP contribution in [0.5, 0.6) is 0 Å². The Balaban J connectivity index is 2.09. The molecule has 0 fully saturated rings. The second kappa shape index (κ2) is 5.33. The van der Waals surface area contributed by atoms with Crippen LogP contribution in [0, 0.1) is 0 Å². The number of hydrogen-bond acceptors (Lipinski definition) is 3. The molecule has 3 nitrogen and oxygen atoms in total. The highest BCUT2D eigenvalue weighted by Crippen LogP contribution is 2.32. The summed E-state index contributed by atoms with van der Waals surface area (Å²) in [5, 5.41) is 0. The molecular weight excluding hydrogens is 301 g/mol. The summed E-state index contributed by atoms with van der Waals surface area (Å²) < 4.78 is 0.738. The number of nitrogens with zero attached hydrogens (tertiary/aromatic N) is 2. The molecule has 3 aromatic heterocycles. The van der Waals surface area contributed by atoms with Crippen molar-refractivity contribution in [1.82, 2.24) is 15.0 Å². The predicted molar refractivity (Wildman–Crippen MR) is 79.7 cm³/mol. The van der Waals surface area contributed by atoms with Crippen molar-refractivity contribution in [3.05, 3.63) is 46.7 Å². The molecule has 3 rings (SSSR count). The molecule has 0 aliphatic heterocycles. The van der Waals surface area contributed by atoms with Gasteiger partial charge in [-0.15, -0.1) is 22.9 Å². The van der Waals surface area contributed by atoms with Crippen molar-refractivity contribution in [2.24, 2.45) is 0 Å². The number of thiophene rings is 1. The Kier molecular flexibility index (Phi) is 3.55. The highest BCUT2D eigenvalue weighted by atomic mass is 35.5. The van der Waals surface area contributed by atoms with Crippen molar-refractivity contribution in [3.63, 3.8) is 0 Å². The van der Waals surface area contributed by atoms with E-state index in [2.05, 4.69) is 15.0 Å². The second-order valence-corrected chi connectivity index (χ2v) is 5.87. The van der Waals surface area contributed by atoms with Crippen LogP contribution in [-0.4, -0.2) is 15.0 Å². The molecule has 0 atom stereocenters. The summed E-state index contributed by atoms with van der Waals surface area (Å²) in [6, 6.07) is 7.64. The summed E-state index contributed by atoms with van der Waals surface area (Å²) in [4.78, 5) is 12.9. The molecule has 0 unspecified atom stereocenters. The maximum Gasteiger partial charge on any atom is 0.148 e. The lowest BCUT2D eigenvalue weighted by Gasteiger charge is -1.97. The topological polar surface area (TPSA) is 41.6 Å². The molecule has 0 aliphatic rings. The summed E-state index contributed by atoms with van der Waals surface area (Å²) in [5.74, 6) is 1.16. The molecule has 96 valence electrons. The highest BCUT2D eigenvalue weighted by Gasteiger charge is 2.14. The van der Waals surface area contributed by atoms with E-state index in [9.17, 15) is 0 Å². The lowest BCUT2D eigenvalue weighted by molar-refractivity contribution is 1.23. The summed E-state index contributed by atoms with van der Waals surface area (Å²) in [7, 11) is 0. The minimum absolute atomic E-state index is 0.371. The van der Waals surface area contributed by atoms with Crippen molar-refractivity contribution in [2.75, 3.05) is 0 Å². The molecule has 0 spiro atoms. The monoisotopic (exact) mass is 309 g/mol. The van der Waals surface area contributed by atoms with Crippen LogP contribution in [0.25, 0.3) is 22.0 Å². The van der Waals surface area contributed by atoms with Crippen LogP contribution in [0.15, 0.2) is 36.7 Å². The zero-order chi connectivity index (χ0) is 13.2. The summed E-state index contributed by atoms with van der Waals surface area (Å²) in [5.41, 5.74) is 2.67. The van der Waals surface area contributed by atoms with Gasteiger partial charge in [0.1, 0.15) is 5.82 Å². The number of imidazole rings is 1.